The zero-order chi connectivity index (χ0) is 19.5. The summed E-state index contributed by atoms with van der Waals surface area (Å²) in [7, 11) is 0. The van der Waals surface area contributed by atoms with Crippen molar-refractivity contribution in [1.82, 2.24) is 9.97 Å². The second kappa shape index (κ2) is 8.46. The van der Waals surface area contributed by atoms with Gasteiger partial charge in [0.2, 0.25) is 5.91 Å². The van der Waals surface area contributed by atoms with Crippen LogP contribution in [0.4, 0.5) is 11.5 Å². The average molecular weight is 415 g/mol. The van der Waals surface area contributed by atoms with Crippen LogP contribution < -0.4 is 10.2 Å². The predicted molar refractivity (Wildman–Crippen MR) is 115 cm³/mol. The Labute approximate surface area is 172 Å². The summed E-state index contributed by atoms with van der Waals surface area (Å²) in [5.41, 5.74) is 1.68. The van der Waals surface area contributed by atoms with E-state index in [4.69, 9.17) is 4.74 Å². The molecular weight excluding hydrogens is 392 g/mol. The van der Waals surface area contributed by atoms with Crippen molar-refractivity contribution < 1.29 is 9.53 Å². The Hall–Kier alpha value is -2.16. The SMILES string of the molecule is CC1CN(c2ccc(NC(=O)CSc3nc4ccccc4s3)cn2)CC(C)O1. The number of thioether (sulfide) groups is 1. The second-order valence-corrected chi connectivity index (χ2v) is 9.10. The molecule has 28 heavy (non-hydrogen) atoms. The van der Waals surface area contributed by atoms with Crippen LogP contribution in [0.2, 0.25) is 0 Å². The van der Waals surface area contributed by atoms with Crippen LogP contribution in [0.5, 0.6) is 0 Å². The lowest BCUT2D eigenvalue weighted by atomic mass is 10.2. The summed E-state index contributed by atoms with van der Waals surface area (Å²) >= 11 is 3.06. The van der Waals surface area contributed by atoms with E-state index in [-0.39, 0.29) is 18.1 Å². The smallest absolute Gasteiger partial charge is 0.234 e. The van der Waals surface area contributed by atoms with Gasteiger partial charge < -0.3 is 15.0 Å². The topological polar surface area (TPSA) is 67.4 Å². The Bertz CT molecular complexity index is 917. The molecule has 2 atom stereocenters. The zero-order valence-electron chi connectivity index (χ0n) is 15.8. The van der Waals surface area contributed by atoms with Gasteiger partial charge >= 0.3 is 0 Å². The minimum absolute atomic E-state index is 0.0626. The van der Waals surface area contributed by atoms with E-state index in [0.29, 0.717) is 11.4 Å². The van der Waals surface area contributed by atoms with Gasteiger partial charge in [-0.2, -0.15) is 0 Å². The molecule has 0 bridgehead atoms. The monoisotopic (exact) mass is 414 g/mol. The Morgan fingerprint density at radius 3 is 2.75 bits per heavy atom. The molecule has 8 heteroatoms. The van der Waals surface area contributed by atoms with Crippen LogP contribution in [0.1, 0.15) is 13.8 Å². The van der Waals surface area contributed by atoms with E-state index < -0.39 is 0 Å². The maximum Gasteiger partial charge on any atom is 0.234 e. The van der Waals surface area contributed by atoms with Crippen LogP contribution in [-0.4, -0.2) is 46.9 Å². The number of fused-ring (bicyclic) bond motifs is 1. The first-order chi connectivity index (χ1) is 13.6. The number of carbonyl (C=O) groups excluding carboxylic acids is 1. The summed E-state index contributed by atoms with van der Waals surface area (Å²) < 4.78 is 7.80. The fourth-order valence-corrected chi connectivity index (χ4v) is 5.12. The van der Waals surface area contributed by atoms with Crippen LogP contribution in [0.3, 0.4) is 0 Å². The van der Waals surface area contributed by atoms with Crippen LogP contribution in [0, 0.1) is 0 Å². The van der Waals surface area contributed by atoms with Crippen molar-refractivity contribution >= 4 is 50.7 Å². The molecule has 1 N–H and O–H groups in total. The number of rotatable bonds is 5. The number of hydrogen-bond donors (Lipinski definition) is 1. The van der Waals surface area contributed by atoms with Gasteiger partial charge in [-0.05, 0) is 38.1 Å². The Kier molecular flexibility index (Phi) is 5.79. The first-order valence-corrected chi connectivity index (χ1v) is 11.0. The minimum Gasteiger partial charge on any atom is -0.372 e. The van der Waals surface area contributed by atoms with Crippen molar-refractivity contribution in [2.45, 2.75) is 30.4 Å². The summed E-state index contributed by atoms with van der Waals surface area (Å²) in [5.74, 6) is 1.16. The highest BCUT2D eigenvalue weighted by atomic mass is 32.2. The van der Waals surface area contributed by atoms with Gasteiger partial charge in [0.05, 0.1) is 40.1 Å². The van der Waals surface area contributed by atoms with Gasteiger partial charge in [0.25, 0.3) is 0 Å². The Morgan fingerprint density at radius 2 is 2.04 bits per heavy atom. The van der Waals surface area contributed by atoms with Gasteiger partial charge in [-0.15, -0.1) is 11.3 Å². The van der Waals surface area contributed by atoms with Crippen molar-refractivity contribution in [1.29, 1.82) is 0 Å². The predicted octanol–water partition coefficient (Wildman–Crippen LogP) is 4.04. The van der Waals surface area contributed by atoms with Crippen LogP contribution >= 0.6 is 23.1 Å². The largest absolute Gasteiger partial charge is 0.372 e. The second-order valence-electron chi connectivity index (χ2n) is 6.85. The summed E-state index contributed by atoms with van der Waals surface area (Å²) in [6, 6.07) is 11.8. The van der Waals surface area contributed by atoms with Crippen molar-refractivity contribution in [2.75, 3.05) is 29.1 Å². The molecule has 146 valence electrons. The standard InChI is InChI=1S/C20H22N4O2S2/c1-13-10-24(11-14(2)26-13)18-8-7-15(9-21-18)22-19(25)12-27-20-23-16-5-3-4-6-17(16)28-20/h3-9,13-14H,10-12H2,1-2H3,(H,22,25). The van der Waals surface area contributed by atoms with E-state index in [9.17, 15) is 4.79 Å². The first-order valence-electron chi connectivity index (χ1n) is 9.21. The fourth-order valence-electron chi connectivity index (χ4n) is 3.25. The first kappa shape index (κ1) is 19.2. The third-order valence-corrected chi connectivity index (χ3v) is 6.56. The number of hydrogen-bond acceptors (Lipinski definition) is 7. The molecule has 1 amide bonds. The van der Waals surface area contributed by atoms with Gasteiger partial charge in [0.15, 0.2) is 4.34 Å². The normalized spacial score (nSPS) is 19.7. The van der Waals surface area contributed by atoms with Gasteiger partial charge in [-0.1, -0.05) is 23.9 Å². The molecule has 1 fully saturated rings. The summed E-state index contributed by atoms with van der Waals surface area (Å²) in [5, 5.41) is 2.90. The molecule has 6 nitrogen and oxygen atoms in total. The molecule has 4 rings (SSSR count). The average Bonchev–Trinajstić information content (AvgIpc) is 3.09. The molecule has 2 aromatic heterocycles. The fraction of sp³-hybridized carbons (Fsp3) is 0.350. The van der Waals surface area contributed by atoms with Crippen molar-refractivity contribution in [3.63, 3.8) is 0 Å². The number of benzene rings is 1. The lowest BCUT2D eigenvalue weighted by Gasteiger charge is -2.36. The molecule has 1 aliphatic heterocycles. The zero-order valence-corrected chi connectivity index (χ0v) is 17.4. The van der Waals surface area contributed by atoms with E-state index in [1.54, 1.807) is 17.5 Å². The van der Waals surface area contributed by atoms with Gasteiger partial charge in [0.1, 0.15) is 5.82 Å². The van der Waals surface area contributed by atoms with Gasteiger partial charge in [-0.3, -0.25) is 4.79 Å². The minimum atomic E-state index is -0.0626. The quantitative estimate of drug-likeness (QED) is 0.636. The molecule has 0 radical (unpaired) electrons. The molecule has 1 aromatic carbocycles. The van der Waals surface area contributed by atoms with Gasteiger partial charge in [0, 0.05) is 13.1 Å². The highest BCUT2D eigenvalue weighted by molar-refractivity contribution is 8.01. The lowest BCUT2D eigenvalue weighted by Crippen LogP contribution is -2.45. The molecule has 0 aliphatic carbocycles. The van der Waals surface area contributed by atoms with Gasteiger partial charge in [-0.25, -0.2) is 9.97 Å². The van der Waals surface area contributed by atoms with Crippen molar-refractivity contribution in [3.05, 3.63) is 42.6 Å². The molecule has 3 aromatic rings. The molecule has 2 unspecified atom stereocenters. The number of ether oxygens (including phenoxy) is 1. The molecule has 0 spiro atoms. The van der Waals surface area contributed by atoms with E-state index >= 15 is 0 Å². The van der Waals surface area contributed by atoms with Crippen molar-refractivity contribution in [3.8, 4) is 0 Å². The third-order valence-electron chi connectivity index (χ3n) is 4.38. The number of para-hydroxylation sites is 1. The Balaban J connectivity index is 1.31. The third kappa shape index (κ3) is 4.63. The number of nitrogens with zero attached hydrogens (tertiary/aromatic N) is 3. The molecule has 3 heterocycles. The highest BCUT2D eigenvalue weighted by Gasteiger charge is 2.23. The number of amides is 1. The van der Waals surface area contributed by atoms with Crippen LogP contribution in [0.15, 0.2) is 46.9 Å². The number of carbonyl (C=O) groups is 1. The number of thiazole rings is 1. The number of anilines is 2. The summed E-state index contributed by atoms with van der Waals surface area (Å²) in [4.78, 5) is 23.5. The van der Waals surface area contributed by atoms with Crippen LogP contribution in [-0.2, 0) is 9.53 Å². The lowest BCUT2D eigenvalue weighted by molar-refractivity contribution is -0.113. The summed E-state index contributed by atoms with van der Waals surface area (Å²) in [6.07, 6.45) is 2.08. The number of pyridine rings is 1. The van der Waals surface area contributed by atoms with E-state index in [2.05, 4.69) is 34.0 Å². The van der Waals surface area contributed by atoms with E-state index in [1.807, 2.05) is 36.4 Å². The molecule has 1 aliphatic rings. The molecule has 1 saturated heterocycles. The number of nitrogens with one attached hydrogen (secondary N) is 1. The van der Waals surface area contributed by atoms with Crippen LogP contribution in [0.25, 0.3) is 10.2 Å². The Morgan fingerprint density at radius 1 is 1.25 bits per heavy atom. The van der Waals surface area contributed by atoms with E-state index in [1.165, 1.54) is 11.8 Å². The number of morpholine rings is 1. The summed E-state index contributed by atoms with van der Waals surface area (Å²) in [6.45, 7) is 5.78. The van der Waals surface area contributed by atoms with E-state index in [0.717, 1.165) is 33.5 Å². The van der Waals surface area contributed by atoms with Crippen molar-refractivity contribution in [2.24, 2.45) is 0 Å². The maximum absolute atomic E-state index is 12.3. The highest BCUT2D eigenvalue weighted by Crippen LogP contribution is 2.29. The number of aromatic nitrogens is 2. The molecule has 0 saturated carbocycles. The maximum atomic E-state index is 12.3. The molecular formula is C20H22N4O2S2.